The van der Waals surface area contributed by atoms with E-state index in [0.717, 1.165) is 0 Å². The summed E-state index contributed by atoms with van der Waals surface area (Å²) in [5.74, 6) is -60.4. The lowest BCUT2D eigenvalue weighted by molar-refractivity contribution is -0.453. The van der Waals surface area contributed by atoms with Crippen LogP contribution in [0.5, 0.6) is 0 Å². The van der Waals surface area contributed by atoms with Crippen LogP contribution < -0.4 is 0 Å². The molecule has 0 radical (unpaired) electrons. The van der Waals surface area contributed by atoms with Crippen molar-refractivity contribution in [3.05, 3.63) is 12.7 Å². The molecule has 0 heterocycles. The van der Waals surface area contributed by atoms with Gasteiger partial charge in [-0.25, -0.2) is 0 Å². The molecule has 0 amide bonds. The second-order valence-corrected chi connectivity index (χ2v) is 5.70. The molecule has 29 heavy (non-hydrogen) atoms. The van der Waals surface area contributed by atoms with E-state index in [9.17, 15) is 70.2 Å². The number of allylic oxidation sites excluding steroid dienone is 1. The Morgan fingerprint density at radius 3 is 0.966 bits per heavy atom. The smallest absolute Gasteiger partial charge is 0.200 e. The first-order valence-corrected chi connectivity index (χ1v) is 7.00. The molecule has 0 saturated heterocycles. The quantitative estimate of drug-likeness (QED) is 0.237. The van der Waals surface area contributed by atoms with E-state index in [4.69, 9.17) is 0 Å². The second kappa shape index (κ2) is 7.10. The minimum atomic E-state index is -8.36. The molecule has 0 bridgehead atoms. The lowest BCUT2D eigenvalue weighted by atomic mass is 9.86. The van der Waals surface area contributed by atoms with Gasteiger partial charge in [0, 0.05) is 12.8 Å². The van der Waals surface area contributed by atoms with Crippen molar-refractivity contribution in [3.63, 3.8) is 0 Å². The van der Waals surface area contributed by atoms with Crippen molar-refractivity contribution in [3.8, 4) is 0 Å². The number of halogens is 16. The Morgan fingerprint density at radius 1 is 0.483 bits per heavy atom. The predicted molar refractivity (Wildman–Crippen MR) is 64.7 cm³/mol. The molecule has 0 aromatic heterocycles. The van der Waals surface area contributed by atoms with Crippen LogP contribution in [0.15, 0.2) is 12.7 Å². The fourth-order valence-electron chi connectivity index (χ4n) is 1.78. The Hall–Kier alpha value is -1.38. The molecule has 0 fully saturated rings. The van der Waals surface area contributed by atoms with Crippen molar-refractivity contribution in [2.24, 2.45) is 0 Å². The maximum Gasteiger partial charge on any atom is 0.384 e. The number of hydrogen-bond donors (Lipinski definition) is 0. The lowest BCUT2D eigenvalue weighted by Gasteiger charge is -2.43. The Labute approximate surface area is 151 Å². The minimum Gasteiger partial charge on any atom is -0.200 e. The molecule has 0 N–H and O–H groups in total. The van der Waals surface area contributed by atoms with Crippen LogP contribution in [0.1, 0.15) is 19.8 Å². The van der Waals surface area contributed by atoms with E-state index in [2.05, 4.69) is 6.58 Å². The molecule has 0 atom stereocenters. The summed E-state index contributed by atoms with van der Waals surface area (Å²) in [6, 6.07) is 0. The molecular formula is C13H10F16. The van der Waals surface area contributed by atoms with Gasteiger partial charge in [-0.1, -0.05) is 13.0 Å². The zero-order valence-electron chi connectivity index (χ0n) is 13.7. The first-order chi connectivity index (χ1) is 12.4. The Kier molecular flexibility index (Phi) is 6.76. The monoisotopic (exact) mass is 470 g/mol. The van der Waals surface area contributed by atoms with Crippen molar-refractivity contribution in [2.45, 2.75) is 67.1 Å². The van der Waals surface area contributed by atoms with Crippen LogP contribution >= 0.6 is 0 Å². The highest BCUT2D eigenvalue weighted by molar-refractivity contribution is 5.16. The molecule has 0 aliphatic carbocycles. The van der Waals surface area contributed by atoms with E-state index in [1.54, 1.807) is 0 Å². The summed E-state index contributed by atoms with van der Waals surface area (Å²) in [5, 5.41) is 0. The van der Waals surface area contributed by atoms with Crippen LogP contribution in [0, 0.1) is 0 Å². The van der Waals surface area contributed by atoms with Crippen molar-refractivity contribution >= 4 is 0 Å². The standard InChI is InChI=1S/C13H10F16/c1-3-5-7(16,17)9(20,21)11(24,25)13(28,29)12(26,27)10(22,23)8(18,19)6(14,15)4-2/h3H,1,4-5H2,2H3. The van der Waals surface area contributed by atoms with Gasteiger partial charge in [0.2, 0.25) is 0 Å². The van der Waals surface area contributed by atoms with Gasteiger partial charge in [-0.3, -0.25) is 0 Å². The van der Waals surface area contributed by atoms with Gasteiger partial charge in [0.1, 0.15) is 0 Å². The summed E-state index contributed by atoms with van der Waals surface area (Å²) < 4.78 is 211. The second-order valence-electron chi connectivity index (χ2n) is 5.70. The molecule has 0 saturated carbocycles. The molecule has 0 rings (SSSR count). The molecule has 0 aromatic carbocycles. The highest BCUT2D eigenvalue weighted by Gasteiger charge is 2.94. The van der Waals surface area contributed by atoms with Gasteiger partial charge in [-0.15, -0.1) is 6.58 Å². The lowest BCUT2D eigenvalue weighted by Crippen LogP contribution is -2.74. The Balaban J connectivity index is 6.71. The Bertz CT molecular complexity index is 602. The van der Waals surface area contributed by atoms with Gasteiger partial charge in [-0.2, -0.15) is 70.2 Å². The van der Waals surface area contributed by atoms with Crippen molar-refractivity contribution in [1.82, 2.24) is 0 Å². The fraction of sp³-hybridized carbons (Fsp3) is 0.846. The van der Waals surface area contributed by atoms with E-state index < -0.39 is 60.2 Å². The van der Waals surface area contributed by atoms with Crippen molar-refractivity contribution in [2.75, 3.05) is 0 Å². The van der Waals surface area contributed by atoms with E-state index in [-0.39, 0.29) is 13.0 Å². The zero-order chi connectivity index (χ0) is 24.1. The first kappa shape index (κ1) is 27.6. The van der Waals surface area contributed by atoms with Gasteiger partial charge in [0.05, 0.1) is 0 Å². The molecule has 0 nitrogen and oxygen atoms in total. The molecule has 0 aliphatic heterocycles. The average molecular weight is 470 g/mol. The molecule has 0 spiro atoms. The topological polar surface area (TPSA) is 0 Å². The van der Waals surface area contributed by atoms with Crippen LogP contribution in [-0.2, 0) is 0 Å². The summed E-state index contributed by atoms with van der Waals surface area (Å²) >= 11 is 0. The van der Waals surface area contributed by atoms with Gasteiger partial charge in [0.15, 0.2) is 0 Å². The highest BCUT2D eigenvalue weighted by Crippen LogP contribution is 2.64. The number of alkyl halides is 16. The highest BCUT2D eigenvalue weighted by atomic mass is 19.4. The van der Waals surface area contributed by atoms with Crippen molar-refractivity contribution in [1.29, 1.82) is 0 Å². The van der Waals surface area contributed by atoms with Crippen LogP contribution in [-0.4, -0.2) is 47.4 Å². The SMILES string of the molecule is C=CCC(F)(F)C(F)(F)C(F)(F)C(F)(F)C(F)(F)C(F)(F)C(F)(F)C(F)(F)CC. The van der Waals surface area contributed by atoms with E-state index >= 15 is 0 Å². The minimum absolute atomic E-state index is 0.0150. The fourth-order valence-corrected chi connectivity index (χ4v) is 1.78. The normalized spacial score (nSPS) is 16.2. The first-order valence-electron chi connectivity index (χ1n) is 7.00. The summed E-state index contributed by atoms with van der Waals surface area (Å²) in [6.45, 7) is 2.35. The molecule has 16 heteroatoms. The van der Waals surface area contributed by atoms with Gasteiger partial charge >= 0.3 is 47.4 Å². The van der Waals surface area contributed by atoms with Crippen molar-refractivity contribution < 1.29 is 70.2 Å². The van der Waals surface area contributed by atoms with Crippen LogP contribution in [0.4, 0.5) is 70.2 Å². The third kappa shape index (κ3) is 3.43. The number of hydrogen-bond acceptors (Lipinski definition) is 0. The van der Waals surface area contributed by atoms with E-state index in [1.165, 1.54) is 0 Å². The number of rotatable bonds is 10. The van der Waals surface area contributed by atoms with Crippen LogP contribution in [0.2, 0.25) is 0 Å². The maximum atomic E-state index is 13.4. The summed E-state index contributed by atoms with van der Waals surface area (Å²) in [5.41, 5.74) is 0. The Morgan fingerprint density at radius 2 is 0.724 bits per heavy atom. The predicted octanol–water partition coefficient (Wildman–Crippen LogP) is 7.05. The molecule has 174 valence electrons. The summed E-state index contributed by atoms with van der Waals surface area (Å²) in [4.78, 5) is 0. The summed E-state index contributed by atoms with van der Waals surface area (Å²) in [7, 11) is 0. The van der Waals surface area contributed by atoms with Crippen LogP contribution in [0.3, 0.4) is 0 Å². The van der Waals surface area contributed by atoms with E-state index in [1.807, 2.05) is 0 Å². The molecule has 0 aromatic rings. The molecule has 0 aliphatic rings. The van der Waals surface area contributed by atoms with Gasteiger partial charge in [-0.05, 0) is 0 Å². The molecular weight excluding hydrogens is 460 g/mol. The van der Waals surface area contributed by atoms with Crippen LogP contribution in [0.25, 0.3) is 0 Å². The zero-order valence-corrected chi connectivity index (χ0v) is 13.7. The summed E-state index contributed by atoms with van der Waals surface area (Å²) in [6.07, 6.45) is -5.22. The third-order valence-corrected chi connectivity index (χ3v) is 3.74. The maximum absolute atomic E-state index is 13.4. The molecule has 0 unspecified atom stereocenters. The largest absolute Gasteiger partial charge is 0.384 e. The van der Waals surface area contributed by atoms with E-state index in [0.29, 0.717) is 0 Å². The third-order valence-electron chi connectivity index (χ3n) is 3.74. The average Bonchev–Trinajstić information content (AvgIpc) is 2.53. The van der Waals surface area contributed by atoms with Gasteiger partial charge in [0.25, 0.3) is 0 Å². The van der Waals surface area contributed by atoms with Gasteiger partial charge < -0.3 is 0 Å².